The Balaban J connectivity index is 2.46. The maximum absolute atomic E-state index is 9.66. The second-order valence-electron chi connectivity index (χ2n) is 2.90. The zero-order valence-corrected chi connectivity index (χ0v) is 7.46. The van der Waals surface area contributed by atoms with Crippen molar-refractivity contribution in [1.82, 2.24) is 14.8 Å². The number of rotatable bonds is 2. The molecule has 0 unspecified atom stereocenters. The van der Waals surface area contributed by atoms with Crippen molar-refractivity contribution < 1.29 is 5.11 Å². The lowest BCUT2D eigenvalue weighted by Gasteiger charge is -2.05. The summed E-state index contributed by atoms with van der Waals surface area (Å²) >= 11 is 0. The maximum atomic E-state index is 9.66. The average Bonchev–Trinajstić information content (AvgIpc) is 2.70. The van der Waals surface area contributed by atoms with Crippen molar-refractivity contribution in [2.75, 3.05) is 0 Å². The van der Waals surface area contributed by atoms with Crippen molar-refractivity contribution in [3.63, 3.8) is 0 Å². The Hall–Kier alpha value is -1.88. The van der Waals surface area contributed by atoms with Gasteiger partial charge in [0.2, 0.25) is 0 Å². The highest BCUT2D eigenvalue weighted by molar-refractivity contribution is 5.47. The molecule has 72 valence electrons. The lowest BCUT2D eigenvalue weighted by Crippen LogP contribution is -1.97. The summed E-state index contributed by atoms with van der Waals surface area (Å²) in [4.78, 5) is 0. The van der Waals surface area contributed by atoms with Gasteiger partial charge in [0, 0.05) is 6.54 Å². The molecule has 0 amide bonds. The van der Waals surface area contributed by atoms with E-state index in [1.54, 1.807) is 16.7 Å². The van der Waals surface area contributed by atoms with Crippen molar-refractivity contribution in [1.29, 1.82) is 0 Å². The van der Waals surface area contributed by atoms with E-state index in [0.29, 0.717) is 12.2 Å². The first kappa shape index (κ1) is 8.71. The lowest BCUT2D eigenvalue weighted by atomic mass is 10.2. The van der Waals surface area contributed by atoms with Crippen LogP contribution < -0.4 is 5.73 Å². The normalized spacial score (nSPS) is 10.4. The minimum Gasteiger partial charge on any atom is -0.506 e. The van der Waals surface area contributed by atoms with Crippen LogP contribution in [-0.4, -0.2) is 19.9 Å². The molecule has 5 nitrogen and oxygen atoms in total. The van der Waals surface area contributed by atoms with Gasteiger partial charge in [-0.2, -0.15) is 0 Å². The van der Waals surface area contributed by atoms with Crippen LogP contribution in [0.25, 0.3) is 5.69 Å². The number of phenols is 1. The number of nitrogens with zero attached hydrogens (tertiary/aromatic N) is 3. The monoisotopic (exact) mass is 190 g/mol. The zero-order chi connectivity index (χ0) is 9.97. The summed E-state index contributed by atoms with van der Waals surface area (Å²) in [5, 5.41) is 17.0. The number of hydrogen-bond acceptors (Lipinski definition) is 4. The molecule has 0 spiro atoms. The second-order valence-corrected chi connectivity index (χ2v) is 2.90. The fraction of sp³-hybridized carbons (Fsp3) is 0.111. The predicted molar refractivity (Wildman–Crippen MR) is 50.9 cm³/mol. The molecule has 1 aromatic heterocycles. The van der Waals surface area contributed by atoms with Crippen LogP contribution in [0.3, 0.4) is 0 Å². The Kier molecular flexibility index (Phi) is 2.16. The second kappa shape index (κ2) is 3.47. The standard InChI is InChI=1S/C9H10N4O/c10-4-7-1-2-8(9(14)3-7)13-5-11-12-6-13/h1-3,5-6,14H,4,10H2. The third-order valence-corrected chi connectivity index (χ3v) is 1.97. The Labute approximate surface area is 80.8 Å². The summed E-state index contributed by atoms with van der Waals surface area (Å²) in [7, 11) is 0. The van der Waals surface area contributed by atoms with Gasteiger partial charge in [0.25, 0.3) is 0 Å². The Morgan fingerprint density at radius 1 is 1.29 bits per heavy atom. The van der Waals surface area contributed by atoms with Crippen LogP contribution in [0, 0.1) is 0 Å². The first-order valence-electron chi connectivity index (χ1n) is 4.18. The predicted octanol–water partition coefficient (Wildman–Crippen LogP) is 0.432. The molecule has 14 heavy (non-hydrogen) atoms. The quantitative estimate of drug-likeness (QED) is 0.720. The van der Waals surface area contributed by atoms with Gasteiger partial charge in [0.15, 0.2) is 0 Å². The van der Waals surface area contributed by atoms with Crippen LogP contribution in [-0.2, 0) is 6.54 Å². The van der Waals surface area contributed by atoms with E-state index in [1.807, 2.05) is 6.07 Å². The Bertz CT molecular complexity index is 424. The number of aromatic nitrogens is 3. The first-order chi connectivity index (χ1) is 6.81. The summed E-state index contributed by atoms with van der Waals surface area (Å²) in [5.74, 6) is 0.174. The molecule has 2 rings (SSSR count). The molecular weight excluding hydrogens is 180 g/mol. The molecule has 0 bridgehead atoms. The van der Waals surface area contributed by atoms with Crippen LogP contribution >= 0.6 is 0 Å². The van der Waals surface area contributed by atoms with Crippen LogP contribution in [0.4, 0.5) is 0 Å². The molecule has 0 atom stereocenters. The molecule has 5 heteroatoms. The van der Waals surface area contributed by atoms with E-state index >= 15 is 0 Å². The van der Waals surface area contributed by atoms with Gasteiger partial charge in [-0.15, -0.1) is 10.2 Å². The van der Waals surface area contributed by atoms with Gasteiger partial charge in [-0.05, 0) is 17.7 Å². The fourth-order valence-corrected chi connectivity index (χ4v) is 1.24. The van der Waals surface area contributed by atoms with Crippen LogP contribution in [0.1, 0.15) is 5.56 Å². The van der Waals surface area contributed by atoms with Crippen molar-refractivity contribution in [3.8, 4) is 11.4 Å². The molecule has 3 N–H and O–H groups in total. The van der Waals surface area contributed by atoms with Gasteiger partial charge >= 0.3 is 0 Å². The van der Waals surface area contributed by atoms with Gasteiger partial charge in [0.1, 0.15) is 18.4 Å². The topological polar surface area (TPSA) is 77.0 Å². The molecular formula is C9H10N4O. The summed E-state index contributed by atoms with van der Waals surface area (Å²) in [5.41, 5.74) is 6.98. The van der Waals surface area contributed by atoms with E-state index in [9.17, 15) is 5.11 Å². The van der Waals surface area contributed by atoms with E-state index in [1.165, 1.54) is 12.7 Å². The molecule has 2 aromatic rings. The molecule has 0 aliphatic carbocycles. The van der Waals surface area contributed by atoms with Gasteiger partial charge in [-0.25, -0.2) is 0 Å². The summed E-state index contributed by atoms with van der Waals surface area (Å²) in [6, 6.07) is 5.27. The molecule has 1 heterocycles. The van der Waals surface area contributed by atoms with Gasteiger partial charge in [-0.3, -0.25) is 4.57 Å². The highest BCUT2D eigenvalue weighted by Gasteiger charge is 2.03. The van der Waals surface area contributed by atoms with Gasteiger partial charge < -0.3 is 10.8 Å². The smallest absolute Gasteiger partial charge is 0.139 e. The minimum atomic E-state index is 0.174. The Morgan fingerprint density at radius 3 is 2.57 bits per heavy atom. The van der Waals surface area contributed by atoms with E-state index in [-0.39, 0.29) is 5.75 Å². The molecule has 0 aliphatic rings. The van der Waals surface area contributed by atoms with E-state index in [4.69, 9.17) is 5.73 Å². The molecule has 1 aromatic carbocycles. The third kappa shape index (κ3) is 1.45. The first-order valence-corrected chi connectivity index (χ1v) is 4.18. The highest BCUT2D eigenvalue weighted by atomic mass is 16.3. The molecule has 0 aliphatic heterocycles. The molecule has 0 saturated carbocycles. The Morgan fingerprint density at radius 2 is 2.00 bits per heavy atom. The van der Waals surface area contributed by atoms with Gasteiger partial charge in [0.05, 0.1) is 5.69 Å². The van der Waals surface area contributed by atoms with E-state index < -0.39 is 0 Å². The van der Waals surface area contributed by atoms with Crippen molar-refractivity contribution in [3.05, 3.63) is 36.4 Å². The third-order valence-electron chi connectivity index (χ3n) is 1.97. The molecule has 0 saturated heterocycles. The average molecular weight is 190 g/mol. The largest absolute Gasteiger partial charge is 0.506 e. The summed E-state index contributed by atoms with van der Waals surface area (Å²) in [6.07, 6.45) is 3.05. The highest BCUT2D eigenvalue weighted by Crippen LogP contribution is 2.21. The number of benzene rings is 1. The van der Waals surface area contributed by atoms with Gasteiger partial charge in [-0.1, -0.05) is 6.07 Å². The van der Waals surface area contributed by atoms with E-state index in [0.717, 1.165) is 5.56 Å². The molecule has 0 radical (unpaired) electrons. The summed E-state index contributed by atoms with van der Waals surface area (Å²) in [6.45, 7) is 0.413. The lowest BCUT2D eigenvalue weighted by molar-refractivity contribution is 0.471. The van der Waals surface area contributed by atoms with Crippen molar-refractivity contribution in [2.24, 2.45) is 5.73 Å². The zero-order valence-electron chi connectivity index (χ0n) is 7.46. The SMILES string of the molecule is NCc1ccc(-n2cnnc2)c(O)c1. The van der Waals surface area contributed by atoms with Crippen LogP contribution in [0.5, 0.6) is 5.75 Å². The number of nitrogens with two attached hydrogens (primary N) is 1. The van der Waals surface area contributed by atoms with Crippen LogP contribution in [0.2, 0.25) is 0 Å². The fourth-order valence-electron chi connectivity index (χ4n) is 1.24. The number of phenolic OH excluding ortho intramolecular Hbond substituents is 1. The molecule has 0 fully saturated rings. The minimum absolute atomic E-state index is 0.174. The number of hydrogen-bond donors (Lipinski definition) is 2. The van der Waals surface area contributed by atoms with Crippen LogP contribution in [0.15, 0.2) is 30.9 Å². The summed E-state index contributed by atoms with van der Waals surface area (Å²) < 4.78 is 1.63. The van der Waals surface area contributed by atoms with E-state index in [2.05, 4.69) is 10.2 Å². The maximum Gasteiger partial charge on any atom is 0.139 e. The van der Waals surface area contributed by atoms with Crippen molar-refractivity contribution >= 4 is 0 Å². The van der Waals surface area contributed by atoms with Crippen molar-refractivity contribution in [2.45, 2.75) is 6.54 Å². The number of aromatic hydroxyl groups is 1.